The van der Waals surface area contributed by atoms with Gasteiger partial charge in [-0.25, -0.2) is 0 Å². The summed E-state index contributed by atoms with van der Waals surface area (Å²) in [5.41, 5.74) is 4.60. The van der Waals surface area contributed by atoms with Gasteiger partial charge in [-0.3, -0.25) is 14.4 Å². The van der Waals surface area contributed by atoms with E-state index in [0.717, 1.165) is 0 Å². The third-order valence-corrected chi connectivity index (χ3v) is 2.57. The van der Waals surface area contributed by atoms with E-state index in [2.05, 4.69) is 15.3 Å². The maximum absolute atomic E-state index is 11.7. The number of carbonyl (C=O) groups is 1. The van der Waals surface area contributed by atoms with Gasteiger partial charge in [-0.15, -0.1) is 0 Å². The molecule has 19 heavy (non-hydrogen) atoms. The van der Waals surface area contributed by atoms with Crippen molar-refractivity contribution in [2.75, 3.05) is 5.32 Å². The summed E-state index contributed by atoms with van der Waals surface area (Å²) >= 11 is 0. The topological polar surface area (TPSA) is 121 Å². The Hall–Kier alpha value is -2.41. The average Bonchev–Trinajstić information content (AvgIpc) is 2.29. The predicted molar refractivity (Wildman–Crippen MR) is 72.1 cm³/mol. The van der Waals surface area contributed by atoms with Gasteiger partial charge < -0.3 is 21.0 Å². The smallest absolute Gasteiger partial charge is 0.314 e. The van der Waals surface area contributed by atoms with Gasteiger partial charge in [-0.2, -0.15) is 0 Å². The van der Waals surface area contributed by atoms with Gasteiger partial charge in [-0.1, -0.05) is 0 Å². The first-order chi connectivity index (χ1) is 8.77. The molecule has 0 saturated heterocycles. The van der Waals surface area contributed by atoms with Crippen LogP contribution in [0.1, 0.15) is 13.8 Å². The van der Waals surface area contributed by atoms with E-state index in [4.69, 9.17) is 5.73 Å². The Kier molecular flexibility index (Phi) is 2.99. The van der Waals surface area contributed by atoms with Crippen molar-refractivity contribution >= 4 is 22.6 Å². The van der Waals surface area contributed by atoms with Crippen LogP contribution in [0.5, 0.6) is 0 Å². The second-order valence-corrected chi connectivity index (χ2v) is 4.84. The number of aromatic amines is 2. The molecule has 0 fully saturated rings. The van der Waals surface area contributed by atoms with Crippen LogP contribution in [0.15, 0.2) is 27.8 Å². The summed E-state index contributed by atoms with van der Waals surface area (Å²) in [6, 6.07) is 4.75. The lowest BCUT2D eigenvalue weighted by Gasteiger charge is -2.17. The Morgan fingerprint density at radius 3 is 2.32 bits per heavy atom. The fraction of sp³-hybridized carbons (Fsp3) is 0.250. The Balaban J connectivity index is 2.42. The number of carbonyl (C=O) groups excluding carboxylic acids is 1. The highest BCUT2D eigenvalue weighted by molar-refractivity contribution is 5.98. The number of fused-ring (bicyclic) bond motifs is 1. The van der Waals surface area contributed by atoms with E-state index < -0.39 is 16.7 Å². The molecule has 1 aromatic heterocycles. The summed E-state index contributed by atoms with van der Waals surface area (Å²) in [4.78, 5) is 38.9. The van der Waals surface area contributed by atoms with Gasteiger partial charge in [0.25, 0.3) is 0 Å². The minimum Gasteiger partial charge on any atom is -0.324 e. The van der Waals surface area contributed by atoms with E-state index in [9.17, 15) is 14.4 Å². The number of nitrogens with two attached hydrogens (primary N) is 1. The van der Waals surface area contributed by atoms with Crippen LogP contribution in [0, 0.1) is 0 Å². The van der Waals surface area contributed by atoms with Crippen molar-refractivity contribution in [3.63, 3.8) is 0 Å². The summed E-state index contributed by atoms with van der Waals surface area (Å²) in [5, 5.41) is 2.63. The summed E-state index contributed by atoms with van der Waals surface area (Å²) in [5.74, 6) is -0.348. The van der Waals surface area contributed by atoms with Crippen LogP contribution in [-0.4, -0.2) is 21.4 Å². The van der Waals surface area contributed by atoms with Gasteiger partial charge >= 0.3 is 11.1 Å². The standard InChI is InChI=1S/C12H14N4O3/c1-12(2,13)11(19)14-6-3-4-7-8(5-6)16-10(18)9(17)15-7/h3-5H,13H2,1-2H3,(H,14,19)(H,15,17)(H,16,18). The van der Waals surface area contributed by atoms with E-state index in [1.165, 1.54) is 0 Å². The summed E-state index contributed by atoms with van der Waals surface area (Å²) < 4.78 is 0. The summed E-state index contributed by atoms with van der Waals surface area (Å²) in [6.07, 6.45) is 0. The zero-order chi connectivity index (χ0) is 14.2. The zero-order valence-corrected chi connectivity index (χ0v) is 10.5. The molecule has 0 aliphatic heterocycles. The number of aromatic nitrogens is 2. The van der Waals surface area contributed by atoms with Gasteiger partial charge in [0.2, 0.25) is 5.91 Å². The lowest BCUT2D eigenvalue weighted by atomic mass is 10.1. The molecule has 100 valence electrons. The first-order valence-electron chi connectivity index (χ1n) is 5.64. The minimum atomic E-state index is -1.01. The van der Waals surface area contributed by atoms with Crippen LogP contribution in [0.3, 0.4) is 0 Å². The SMILES string of the molecule is CC(C)(N)C(=O)Nc1ccc2[nH]c(=O)c(=O)[nH]c2c1. The number of nitrogens with one attached hydrogen (secondary N) is 3. The van der Waals surface area contributed by atoms with Crippen molar-refractivity contribution in [3.8, 4) is 0 Å². The highest BCUT2D eigenvalue weighted by Crippen LogP contribution is 2.15. The van der Waals surface area contributed by atoms with Crippen LogP contribution in [0.4, 0.5) is 5.69 Å². The lowest BCUT2D eigenvalue weighted by Crippen LogP contribution is -2.45. The van der Waals surface area contributed by atoms with Crippen molar-refractivity contribution in [2.45, 2.75) is 19.4 Å². The molecule has 0 aliphatic carbocycles. The molecule has 0 radical (unpaired) electrons. The molecule has 0 bridgehead atoms. The zero-order valence-electron chi connectivity index (χ0n) is 10.5. The monoisotopic (exact) mass is 262 g/mol. The third kappa shape index (κ3) is 2.71. The van der Waals surface area contributed by atoms with E-state index in [1.54, 1.807) is 32.0 Å². The highest BCUT2D eigenvalue weighted by atomic mass is 16.2. The summed E-state index contributed by atoms with van der Waals surface area (Å²) in [6.45, 7) is 3.17. The molecule has 7 nitrogen and oxygen atoms in total. The van der Waals surface area contributed by atoms with Crippen molar-refractivity contribution in [3.05, 3.63) is 38.9 Å². The number of rotatable bonds is 2. The molecule has 1 amide bonds. The molecule has 2 rings (SSSR count). The molecule has 0 atom stereocenters. The van der Waals surface area contributed by atoms with Gasteiger partial charge in [0, 0.05) is 5.69 Å². The molecular weight excluding hydrogens is 248 g/mol. The molecule has 0 saturated carbocycles. The molecule has 1 heterocycles. The Bertz CT molecular complexity index is 752. The molecule has 5 N–H and O–H groups in total. The van der Waals surface area contributed by atoms with Gasteiger partial charge in [0.1, 0.15) is 0 Å². The molecule has 0 unspecified atom stereocenters. The number of hydrogen-bond acceptors (Lipinski definition) is 4. The molecule has 0 aliphatic rings. The van der Waals surface area contributed by atoms with Gasteiger partial charge in [0.05, 0.1) is 16.6 Å². The number of anilines is 1. The summed E-state index contributed by atoms with van der Waals surface area (Å²) in [7, 11) is 0. The molecule has 7 heteroatoms. The van der Waals surface area contributed by atoms with E-state index >= 15 is 0 Å². The normalized spacial score (nSPS) is 11.5. The molecule has 2 aromatic rings. The maximum Gasteiger partial charge on any atom is 0.314 e. The van der Waals surface area contributed by atoms with Crippen molar-refractivity contribution < 1.29 is 4.79 Å². The first-order valence-corrected chi connectivity index (χ1v) is 5.64. The van der Waals surface area contributed by atoms with Crippen LogP contribution in [-0.2, 0) is 4.79 Å². The van der Waals surface area contributed by atoms with Crippen molar-refractivity contribution in [1.82, 2.24) is 9.97 Å². The Labute approximate surface area is 107 Å². The first kappa shape index (κ1) is 13.0. The minimum absolute atomic E-state index is 0.348. The van der Waals surface area contributed by atoms with Crippen molar-refractivity contribution in [1.29, 1.82) is 0 Å². The van der Waals surface area contributed by atoms with E-state index in [0.29, 0.717) is 16.7 Å². The predicted octanol–water partition coefficient (Wildman–Crippen LogP) is -0.108. The molecule has 1 aromatic carbocycles. The Morgan fingerprint density at radius 2 is 1.74 bits per heavy atom. The van der Waals surface area contributed by atoms with Gasteiger partial charge in [0.15, 0.2) is 0 Å². The number of amides is 1. The number of benzene rings is 1. The highest BCUT2D eigenvalue weighted by Gasteiger charge is 2.21. The fourth-order valence-corrected chi connectivity index (χ4v) is 1.48. The van der Waals surface area contributed by atoms with Crippen LogP contribution < -0.4 is 22.2 Å². The maximum atomic E-state index is 11.7. The quantitative estimate of drug-likeness (QED) is 0.564. The van der Waals surface area contributed by atoms with Gasteiger partial charge in [-0.05, 0) is 32.0 Å². The van der Waals surface area contributed by atoms with E-state index in [1.807, 2.05) is 0 Å². The fourth-order valence-electron chi connectivity index (χ4n) is 1.48. The largest absolute Gasteiger partial charge is 0.324 e. The van der Waals surface area contributed by atoms with Crippen molar-refractivity contribution in [2.24, 2.45) is 5.73 Å². The number of hydrogen-bond donors (Lipinski definition) is 4. The van der Waals surface area contributed by atoms with Crippen LogP contribution in [0.25, 0.3) is 11.0 Å². The second-order valence-electron chi connectivity index (χ2n) is 4.84. The molecular formula is C12H14N4O3. The number of H-pyrrole nitrogens is 2. The molecule has 0 spiro atoms. The lowest BCUT2D eigenvalue weighted by molar-refractivity contribution is -0.120. The Morgan fingerprint density at radius 1 is 1.16 bits per heavy atom. The average molecular weight is 262 g/mol. The third-order valence-electron chi connectivity index (χ3n) is 2.57. The van der Waals surface area contributed by atoms with E-state index in [-0.39, 0.29) is 5.91 Å². The van der Waals surface area contributed by atoms with Crippen LogP contribution >= 0.6 is 0 Å². The van der Waals surface area contributed by atoms with Crippen LogP contribution in [0.2, 0.25) is 0 Å². The second kappa shape index (κ2) is 4.36.